The summed E-state index contributed by atoms with van der Waals surface area (Å²) < 4.78 is 5.83. The smallest absolute Gasteiger partial charge is 0.306 e. The molecule has 0 radical (unpaired) electrons. The number of fused-ring (bicyclic) bond motifs is 1. The molecule has 4 nitrogen and oxygen atoms in total. The summed E-state index contributed by atoms with van der Waals surface area (Å²) in [4.78, 5) is 35.8. The van der Waals surface area contributed by atoms with E-state index < -0.39 is 0 Å². The van der Waals surface area contributed by atoms with Crippen molar-refractivity contribution in [1.82, 2.24) is 0 Å². The van der Waals surface area contributed by atoms with E-state index in [1.807, 2.05) is 0 Å². The fourth-order valence-electron chi connectivity index (χ4n) is 4.87. The minimum Gasteiger partial charge on any atom is -0.458 e. The Morgan fingerprint density at radius 3 is 2.54 bits per heavy atom. The molecule has 0 aromatic rings. The summed E-state index contributed by atoms with van der Waals surface area (Å²) in [5.41, 5.74) is 0.815. The highest BCUT2D eigenvalue weighted by Gasteiger charge is 2.48. The van der Waals surface area contributed by atoms with E-state index in [-0.39, 0.29) is 35.6 Å². The van der Waals surface area contributed by atoms with Gasteiger partial charge in [-0.2, -0.15) is 0 Å². The maximum atomic E-state index is 12.5. The number of esters is 1. The van der Waals surface area contributed by atoms with Gasteiger partial charge in [0.1, 0.15) is 12.4 Å². The third kappa shape index (κ3) is 5.78. The van der Waals surface area contributed by atoms with E-state index in [1.54, 1.807) is 6.08 Å². The Morgan fingerprint density at radius 1 is 1.18 bits per heavy atom. The second kappa shape index (κ2) is 10.9. The van der Waals surface area contributed by atoms with E-state index in [0.717, 1.165) is 37.5 Å². The zero-order chi connectivity index (χ0) is 20.6. The van der Waals surface area contributed by atoms with E-state index in [9.17, 15) is 14.4 Å². The highest BCUT2D eigenvalue weighted by molar-refractivity contribution is 5.95. The lowest BCUT2D eigenvalue weighted by atomic mass is 9.57. The van der Waals surface area contributed by atoms with Crippen molar-refractivity contribution in [3.8, 4) is 0 Å². The fourth-order valence-corrected chi connectivity index (χ4v) is 4.87. The molecule has 158 valence electrons. The molecule has 28 heavy (non-hydrogen) atoms. The van der Waals surface area contributed by atoms with Crippen LogP contribution >= 0.6 is 0 Å². The lowest BCUT2D eigenvalue weighted by molar-refractivity contribution is -0.150. The van der Waals surface area contributed by atoms with Crippen molar-refractivity contribution in [2.75, 3.05) is 0 Å². The van der Waals surface area contributed by atoms with Crippen LogP contribution in [0.4, 0.5) is 0 Å². The first-order valence-electron chi connectivity index (χ1n) is 11.3. The monoisotopic (exact) mass is 390 g/mol. The van der Waals surface area contributed by atoms with Crippen LogP contribution in [0, 0.1) is 17.3 Å². The molecule has 2 aliphatic carbocycles. The van der Waals surface area contributed by atoms with Crippen LogP contribution in [-0.2, 0) is 19.1 Å². The average Bonchev–Trinajstić information content (AvgIpc) is 2.66. The number of hydrogen-bond donors (Lipinski definition) is 0. The van der Waals surface area contributed by atoms with Crippen molar-refractivity contribution < 1.29 is 19.1 Å². The van der Waals surface area contributed by atoms with E-state index in [1.165, 1.54) is 32.1 Å². The quantitative estimate of drug-likeness (QED) is 0.262. The number of rotatable bonds is 11. The molecule has 4 atom stereocenters. The summed E-state index contributed by atoms with van der Waals surface area (Å²) in [6, 6.07) is 0. The van der Waals surface area contributed by atoms with Crippen LogP contribution in [0.15, 0.2) is 11.6 Å². The van der Waals surface area contributed by atoms with Gasteiger partial charge in [-0.3, -0.25) is 9.59 Å². The Labute approximate surface area is 170 Å². The molecule has 0 aromatic heterocycles. The molecule has 0 saturated heterocycles. The molecule has 0 N–H and O–H groups in total. The van der Waals surface area contributed by atoms with E-state index >= 15 is 0 Å². The SMILES string of the molecule is CCCCCCCCCC(=O)O[C@@H]1CC[C@H](C)[C@@]2(C)C[C@@H](CC=O)C(=O)C=C12. The zero-order valence-corrected chi connectivity index (χ0v) is 18.0. The molecule has 4 heteroatoms. The lowest BCUT2D eigenvalue weighted by Gasteiger charge is -2.48. The third-order valence-electron chi connectivity index (χ3n) is 6.97. The Bertz CT molecular complexity index is 579. The van der Waals surface area contributed by atoms with Gasteiger partial charge in [0.2, 0.25) is 0 Å². The van der Waals surface area contributed by atoms with Crippen LogP contribution in [0.3, 0.4) is 0 Å². The Morgan fingerprint density at radius 2 is 1.86 bits per heavy atom. The summed E-state index contributed by atoms with van der Waals surface area (Å²) in [5.74, 6) is 0.0653. The topological polar surface area (TPSA) is 60.4 Å². The van der Waals surface area contributed by atoms with E-state index in [2.05, 4.69) is 20.8 Å². The van der Waals surface area contributed by atoms with Gasteiger partial charge in [0, 0.05) is 18.8 Å². The third-order valence-corrected chi connectivity index (χ3v) is 6.97. The second-order valence-corrected chi connectivity index (χ2v) is 9.05. The first-order chi connectivity index (χ1) is 13.4. The summed E-state index contributed by atoms with van der Waals surface area (Å²) in [5, 5.41) is 0. The number of carbonyl (C=O) groups excluding carboxylic acids is 3. The molecule has 0 bridgehead atoms. The predicted octanol–water partition coefficient (Wildman–Crippen LogP) is 5.58. The van der Waals surface area contributed by atoms with Crippen LogP contribution in [0.25, 0.3) is 0 Å². The molecular formula is C24H38O4. The number of unbranched alkanes of at least 4 members (excludes halogenated alkanes) is 6. The average molecular weight is 391 g/mol. The van der Waals surface area contributed by atoms with Crippen LogP contribution in [0.1, 0.15) is 97.8 Å². The first kappa shape index (κ1) is 22.8. The molecule has 0 unspecified atom stereocenters. The van der Waals surface area contributed by atoms with Crippen molar-refractivity contribution in [3.05, 3.63) is 11.6 Å². The number of ether oxygens (including phenoxy) is 1. The summed E-state index contributed by atoms with van der Waals surface area (Å²) >= 11 is 0. The van der Waals surface area contributed by atoms with Gasteiger partial charge in [-0.1, -0.05) is 59.3 Å². The van der Waals surface area contributed by atoms with Gasteiger partial charge in [0.25, 0.3) is 0 Å². The highest BCUT2D eigenvalue weighted by atomic mass is 16.5. The van der Waals surface area contributed by atoms with Crippen molar-refractivity contribution >= 4 is 18.0 Å². The molecule has 1 fully saturated rings. The van der Waals surface area contributed by atoms with Gasteiger partial charge in [-0.25, -0.2) is 0 Å². The number of aldehydes is 1. The van der Waals surface area contributed by atoms with Gasteiger partial charge < -0.3 is 9.53 Å². The van der Waals surface area contributed by atoms with Crippen molar-refractivity contribution in [1.29, 1.82) is 0 Å². The van der Waals surface area contributed by atoms with Gasteiger partial charge in [0.15, 0.2) is 5.78 Å². The van der Waals surface area contributed by atoms with E-state index in [4.69, 9.17) is 4.74 Å². The Hall–Kier alpha value is -1.45. The maximum absolute atomic E-state index is 12.5. The van der Waals surface area contributed by atoms with Crippen molar-refractivity contribution in [2.45, 2.75) is 104 Å². The van der Waals surface area contributed by atoms with Crippen molar-refractivity contribution in [3.63, 3.8) is 0 Å². The minimum atomic E-state index is -0.278. The molecule has 0 heterocycles. The molecule has 1 saturated carbocycles. The first-order valence-corrected chi connectivity index (χ1v) is 11.3. The molecule has 2 aliphatic rings. The van der Waals surface area contributed by atoms with Crippen LogP contribution in [0.2, 0.25) is 0 Å². The fraction of sp³-hybridized carbons (Fsp3) is 0.792. The molecule has 0 amide bonds. The number of allylic oxidation sites excluding steroid dienone is 1. The van der Waals surface area contributed by atoms with Gasteiger partial charge in [-0.05, 0) is 48.7 Å². The number of carbonyl (C=O) groups is 3. The Kier molecular flexibility index (Phi) is 8.91. The van der Waals surface area contributed by atoms with Crippen LogP contribution in [-0.4, -0.2) is 24.1 Å². The molecule has 0 aromatic carbocycles. The van der Waals surface area contributed by atoms with Crippen LogP contribution in [0.5, 0.6) is 0 Å². The Balaban J connectivity index is 1.89. The second-order valence-electron chi connectivity index (χ2n) is 9.05. The predicted molar refractivity (Wildman–Crippen MR) is 111 cm³/mol. The summed E-state index contributed by atoms with van der Waals surface area (Å²) in [7, 11) is 0. The maximum Gasteiger partial charge on any atom is 0.306 e. The normalized spacial score (nSPS) is 29.8. The van der Waals surface area contributed by atoms with Crippen LogP contribution < -0.4 is 0 Å². The molecule has 0 aliphatic heterocycles. The minimum absolute atomic E-state index is 0.0156. The van der Waals surface area contributed by atoms with Crippen molar-refractivity contribution in [2.24, 2.45) is 17.3 Å². The zero-order valence-electron chi connectivity index (χ0n) is 18.0. The number of ketones is 1. The lowest BCUT2D eigenvalue weighted by Crippen LogP contribution is -2.45. The molecule has 2 rings (SSSR count). The van der Waals surface area contributed by atoms with E-state index in [0.29, 0.717) is 18.8 Å². The highest BCUT2D eigenvalue weighted by Crippen LogP contribution is 2.52. The van der Waals surface area contributed by atoms with Gasteiger partial charge >= 0.3 is 5.97 Å². The summed E-state index contributed by atoms with van der Waals surface area (Å²) in [6.45, 7) is 6.59. The molecular weight excluding hydrogens is 352 g/mol. The standard InChI is InChI=1S/C24H38O4/c1-4-5-6-7-8-9-10-11-23(27)28-22-13-12-18(2)24(3)17-19(14-15-25)21(26)16-20(22)24/h15-16,18-19,22H,4-14,17H2,1-3H3/t18-,19+,22+,24+/m0/s1. The van der Waals surface area contributed by atoms with Gasteiger partial charge in [0.05, 0.1) is 0 Å². The molecule has 0 spiro atoms. The van der Waals surface area contributed by atoms with Gasteiger partial charge in [-0.15, -0.1) is 0 Å². The largest absolute Gasteiger partial charge is 0.458 e. The number of hydrogen-bond acceptors (Lipinski definition) is 4. The summed E-state index contributed by atoms with van der Waals surface area (Å²) in [6.07, 6.45) is 13.7.